The highest BCUT2D eigenvalue weighted by Gasteiger charge is 2.17. The van der Waals surface area contributed by atoms with Crippen LogP contribution < -0.4 is 10.6 Å². The summed E-state index contributed by atoms with van der Waals surface area (Å²) in [4.78, 5) is 40.5. The van der Waals surface area contributed by atoms with Crippen LogP contribution in [0.1, 0.15) is 20.7 Å². The molecule has 0 unspecified atom stereocenters. The van der Waals surface area contributed by atoms with Crippen LogP contribution in [0.2, 0.25) is 5.02 Å². The van der Waals surface area contributed by atoms with Gasteiger partial charge in [-0.25, -0.2) is 0 Å². The maximum atomic E-state index is 13.4. The number of thioether (sulfide) groups is 1. The zero-order chi connectivity index (χ0) is 30.5. The molecule has 2 N–H and O–H groups in total. The minimum Gasteiger partial charge on any atom is -0.321 e. The molecule has 0 spiro atoms. The molecule has 1 aromatic heterocycles. The molecule has 0 saturated heterocycles. The molecule has 6 rings (SSSR count). The molecule has 6 nitrogen and oxygen atoms in total. The molecule has 0 atom stereocenters. The number of carbonyl (C=O) groups excluding carboxylic acids is 3. The number of para-hydroxylation sites is 2. The number of amides is 2. The molecule has 216 valence electrons. The molecular weight excluding hydrogens is 590 g/mol. The van der Waals surface area contributed by atoms with Crippen molar-refractivity contribution in [2.45, 2.75) is 4.90 Å². The van der Waals surface area contributed by atoms with Crippen molar-refractivity contribution in [1.29, 1.82) is 0 Å². The molecule has 0 aliphatic heterocycles. The third-order valence-electron chi connectivity index (χ3n) is 7.04. The summed E-state index contributed by atoms with van der Waals surface area (Å²) in [7, 11) is 0. The topological polar surface area (TPSA) is 80.2 Å². The first-order chi connectivity index (χ1) is 21.5. The van der Waals surface area contributed by atoms with E-state index >= 15 is 0 Å². The molecule has 0 radical (unpaired) electrons. The minimum absolute atomic E-state index is 0.0201. The lowest BCUT2D eigenvalue weighted by molar-refractivity contribution is -0.113. The Morgan fingerprint density at radius 2 is 1.30 bits per heavy atom. The van der Waals surface area contributed by atoms with E-state index < -0.39 is 11.8 Å². The fourth-order valence-electron chi connectivity index (χ4n) is 4.92. The zero-order valence-electron chi connectivity index (χ0n) is 23.4. The lowest BCUT2D eigenvalue weighted by atomic mass is 10.1. The van der Waals surface area contributed by atoms with Gasteiger partial charge in [-0.15, -0.1) is 11.8 Å². The van der Waals surface area contributed by atoms with Crippen LogP contribution >= 0.6 is 23.4 Å². The first-order valence-electron chi connectivity index (χ1n) is 13.9. The van der Waals surface area contributed by atoms with Crippen molar-refractivity contribution < 1.29 is 14.4 Å². The Hall–Kier alpha value is -5.11. The van der Waals surface area contributed by atoms with Crippen LogP contribution in [0.5, 0.6) is 0 Å². The number of benzene rings is 5. The van der Waals surface area contributed by atoms with Crippen LogP contribution in [0.15, 0.2) is 138 Å². The van der Waals surface area contributed by atoms with Crippen molar-refractivity contribution in [3.8, 4) is 0 Å². The van der Waals surface area contributed by atoms with Crippen LogP contribution in [-0.2, 0) is 4.79 Å². The number of rotatable bonds is 8. The summed E-state index contributed by atoms with van der Waals surface area (Å²) < 4.78 is 1.78. The van der Waals surface area contributed by atoms with Gasteiger partial charge in [-0.05, 0) is 66.2 Å². The van der Waals surface area contributed by atoms with Crippen molar-refractivity contribution in [3.05, 3.63) is 149 Å². The number of nitrogens with one attached hydrogen (secondary N) is 2. The van der Waals surface area contributed by atoms with E-state index in [9.17, 15) is 14.4 Å². The maximum Gasteiger partial charge on any atom is 0.272 e. The van der Waals surface area contributed by atoms with Gasteiger partial charge in [0.15, 0.2) is 0 Å². The second-order valence-electron chi connectivity index (χ2n) is 9.93. The predicted molar refractivity (Wildman–Crippen MR) is 179 cm³/mol. The zero-order valence-corrected chi connectivity index (χ0v) is 24.9. The van der Waals surface area contributed by atoms with E-state index in [2.05, 4.69) is 10.6 Å². The lowest BCUT2D eigenvalue weighted by Gasteiger charge is -2.12. The van der Waals surface area contributed by atoms with Crippen molar-refractivity contribution in [2.75, 3.05) is 11.1 Å². The average Bonchev–Trinajstić information content (AvgIpc) is 3.40. The molecule has 2 amide bonds. The van der Waals surface area contributed by atoms with Crippen molar-refractivity contribution in [3.63, 3.8) is 0 Å². The molecule has 1 heterocycles. The molecular formula is C36H26ClN3O3S. The molecule has 6 aromatic rings. The van der Waals surface area contributed by atoms with Crippen LogP contribution in [0.3, 0.4) is 0 Å². The minimum atomic E-state index is -0.504. The lowest BCUT2D eigenvalue weighted by Crippen LogP contribution is -2.30. The Balaban J connectivity index is 1.16. The Kier molecular flexibility index (Phi) is 8.59. The summed E-state index contributed by atoms with van der Waals surface area (Å²) in [5, 5.41) is 8.11. The molecule has 0 aliphatic carbocycles. The van der Waals surface area contributed by atoms with E-state index in [1.165, 1.54) is 11.8 Å². The first-order valence-corrected chi connectivity index (χ1v) is 15.2. The van der Waals surface area contributed by atoms with E-state index in [0.29, 0.717) is 21.8 Å². The SMILES string of the molecule is O=C(Nc1ccc(SCC(=O)n2c3ccccc3c3ccccc32)cc1)/C(=C/c1ccccc1Cl)NC(=O)c1ccccc1. The first kappa shape index (κ1) is 29.0. The van der Waals surface area contributed by atoms with Gasteiger partial charge >= 0.3 is 0 Å². The van der Waals surface area contributed by atoms with Crippen LogP contribution in [0.25, 0.3) is 27.9 Å². The number of carbonyl (C=O) groups is 3. The maximum absolute atomic E-state index is 13.4. The van der Waals surface area contributed by atoms with Crippen LogP contribution in [-0.4, -0.2) is 28.0 Å². The molecule has 5 aromatic carbocycles. The van der Waals surface area contributed by atoms with E-state index in [0.717, 1.165) is 26.7 Å². The second kappa shape index (κ2) is 13.0. The van der Waals surface area contributed by atoms with Crippen molar-refractivity contribution in [1.82, 2.24) is 9.88 Å². The van der Waals surface area contributed by atoms with Gasteiger partial charge in [-0.2, -0.15) is 0 Å². The Bertz CT molecular complexity index is 1980. The number of aromatic nitrogens is 1. The number of hydrogen-bond acceptors (Lipinski definition) is 4. The fraction of sp³-hybridized carbons (Fsp3) is 0.0278. The Morgan fingerprint density at radius 1 is 0.705 bits per heavy atom. The molecule has 0 aliphatic rings. The standard InChI is InChI=1S/C36H26ClN3O3S/c37-30-15-7-4-12-25(30)22-31(39-35(42)24-10-2-1-3-11-24)36(43)38-26-18-20-27(21-19-26)44-23-34(41)40-32-16-8-5-13-28(32)29-14-6-9-17-33(29)40/h1-22H,23H2,(H,38,43)(H,39,42)/b31-22-. The van der Waals surface area contributed by atoms with Crippen molar-refractivity contribution in [2.24, 2.45) is 0 Å². The number of anilines is 1. The predicted octanol–water partition coefficient (Wildman–Crippen LogP) is 8.29. The number of fused-ring (bicyclic) bond motifs is 3. The smallest absolute Gasteiger partial charge is 0.272 e. The Morgan fingerprint density at radius 3 is 1.95 bits per heavy atom. The van der Waals surface area contributed by atoms with E-state index in [4.69, 9.17) is 11.6 Å². The summed E-state index contributed by atoms with van der Waals surface area (Å²) in [6.45, 7) is 0. The van der Waals surface area contributed by atoms with E-state index in [-0.39, 0.29) is 17.4 Å². The van der Waals surface area contributed by atoms with Crippen LogP contribution in [0, 0.1) is 0 Å². The molecule has 8 heteroatoms. The van der Waals surface area contributed by atoms with Gasteiger partial charge < -0.3 is 10.6 Å². The van der Waals surface area contributed by atoms with Gasteiger partial charge in [0.2, 0.25) is 5.91 Å². The molecule has 44 heavy (non-hydrogen) atoms. The largest absolute Gasteiger partial charge is 0.321 e. The quantitative estimate of drug-likeness (QED) is 0.133. The summed E-state index contributed by atoms with van der Waals surface area (Å²) in [6.07, 6.45) is 1.54. The van der Waals surface area contributed by atoms with Crippen LogP contribution in [0.4, 0.5) is 5.69 Å². The van der Waals surface area contributed by atoms with E-state index in [1.807, 2.05) is 66.7 Å². The average molecular weight is 616 g/mol. The van der Waals surface area contributed by atoms with Gasteiger partial charge in [0.05, 0.1) is 16.8 Å². The number of nitrogens with zero attached hydrogens (tertiary/aromatic N) is 1. The second-order valence-corrected chi connectivity index (χ2v) is 11.4. The van der Waals surface area contributed by atoms with E-state index in [1.54, 1.807) is 71.3 Å². The van der Waals surface area contributed by atoms with Gasteiger partial charge in [-0.1, -0.05) is 84.4 Å². The Labute approximate surface area is 263 Å². The molecule has 0 fully saturated rings. The van der Waals surface area contributed by atoms with Gasteiger partial charge in [0.1, 0.15) is 5.70 Å². The monoisotopic (exact) mass is 615 g/mol. The highest BCUT2D eigenvalue weighted by Crippen LogP contribution is 2.30. The third-order valence-corrected chi connectivity index (χ3v) is 8.38. The van der Waals surface area contributed by atoms with Gasteiger partial charge in [-0.3, -0.25) is 19.0 Å². The molecule has 0 bridgehead atoms. The third kappa shape index (κ3) is 6.29. The fourth-order valence-corrected chi connectivity index (χ4v) is 5.86. The highest BCUT2D eigenvalue weighted by atomic mass is 35.5. The summed E-state index contributed by atoms with van der Waals surface area (Å²) in [5.74, 6) is -0.701. The highest BCUT2D eigenvalue weighted by molar-refractivity contribution is 8.00. The summed E-state index contributed by atoms with van der Waals surface area (Å²) in [5.41, 5.74) is 3.36. The number of hydrogen-bond donors (Lipinski definition) is 2. The molecule has 0 saturated carbocycles. The van der Waals surface area contributed by atoms with Gasteiger partial charge in [0, 0.05) is 31.9 Å². The number of halogens is 1. The summed E-state index contributed by atoms with van der Waals surface area (Å²) >= 11 is 7.75. The van der Waals surface area contributed by atoms with Gasteiger partial charge in [0.25, 0.3) is 11.8 Å². The summed E-state index contributed by atoms with van der Waals surface area (Å²) in [6, 6.07) is 38.8. The van der Waals surface area contributed by atoms with Crippen molar-refractivity contribution >= 4 is 74.7 Å². The normalized spacial score (nSPS) is 11.4.